The summed E-state index contributed by atoms with van der Waals surface area (Å²) < 4.78 is 7.20. The number of benzene rings is 1. The molecule has 0 amide bonds. The Kier molecular flexibility index (Phi) is 2.33. The van der Waals surface area contributed by atoms with E-state index in [4.69, 9.17) is 9.94 Å². The monoisotopic (exact) mass is 204 g/mol. The lowest BCUT2D eigenvalue weighted by Gasteiger charge is -2.02. The van der Waals surface area contributed by atoms with E-state index in [0.29, 0.717) is 5.88 Å². The van der Waals surface area contributed by atoms with E-state index in [1.165, 1.54) is 6.21 Å². The summed E-state index contributed by atoms with van der Waals surface area (Å²) in [7, 11) is 3.51. The molecule has 4 heteroatoms. The zero-order valence-electron chi connectivity index (χ0n) is 8.64. The average molecular weight is 204 g/mol. The van der Waals surface area contributed by atoms with Crippen molar-refractivity contribution < 1.29 is 9.94 Å². The van der Waals surface area contributed by atoms with Crippen molar-refractivity contribution in [3.05, 3.63) is 29.8 Å². The topological polar surface area (TPSA) is 46.8 Å². The van der Waals surface area contributed by atoms with Gasteiger partial charge in [0.15, 0.2) is 0 Å². The Hall–Kier alpha value is -1.97. The van der Waals surface area contributed by atoms with Gasteiger partial charge in [0.2, 0.25) is 5.88 Å². The largest absolute Gasteiger partial charge is 0.482 e. The number of hydrogen-bond donors (Lipinski definition) is 1. The van der Waals surface area contributed by atoms with E-state index in [2.05, 4.69) is 5.16 Å². The number of aromatic nitrogens is 1. The molecule has 0 saturated heterocycles. The fourth-order valence-corrected chi connectivity index (χ4v) is 1.83. The molecule has 0 unspecified atom stereocenters. The predicted molar refractivity (Wildman–Crippen MR) is 58.9 cm³/mol. The second-order valence-corrected chi connectivity index (χ2v) is 3.24. The van der Waals surface area contributed by atoms with E-state index >= 15 is 0 Å². The smallest absolute Gasteiger partial charge is 0.203 e. The lowest BCUT2D eigenvalue weighted by molar-refractivity contribution is 0.321. The number of hydrogen-bond acceptors (Lipinski definition) is 3. The molecule has 0 aliphatic rings. The number of rotatable bonds is 2. The van der Waals surface area contributed by atoms with Gasteiger partial charge in [-0.25, -0.2) is 0 Å². The van der Waals surface area contributed by atoms with E-state index in [9.17, 15) is 0 Å². The highest BCUT2D eigenvalue weighted by molar-refractivity contribution is 6.02. The number of oxime groups is 1. The maximum atomic E-state index is 8.61. The molecule has 0 aliphatic carbocycles. The first-order valence-electron chi connectivity index (χ1n) is 4.58. The fraction of sp³-hybridized carbons (Fsp3) is 0.182. The Bertz CT molecular complexity index is 515. The Balaban J connectivity index is 2.84. The van der Waals surface area contributed by atoms with Crippen molar-refractivity contribution in [1.29, 1.82) is 0 Å². The molecule has 2 rings (SSSR count). The Morgan fingerprint density at radius 3 is 2.80 bits per heavy atom. The number of fused-ring (bicyclic) bond motifs is 1. The molecule has 1 aromatic carbocycles. The van der Waals surface area contributed by atoms with Crippen molar-refractivity contribution in [1.82, 2.24) is 4.57 Å². The number of para-hydroxylation sites is 1. The highest BCUT2D eigenvalue weighted by Crippen LogP contribution is 2.29. The third-order valence-corrected chi connectivity index (χ3v) is 2.47. The summed E-state index contributed by atoms with van der Waals surface area (Å²) in [6.07, 6.45) is 1.39. The van der Waals surface area contributed by atoms with Crippen LogP contribution in [0.4, 0.5) is 0 Å². The SMILES string of the molecule is COc1c(C=NO)c2ccccc2n1C. The molecule has 78 valence electrons. The number of nitrogens with zero attached hydrogens (tertiary/aromatic N) is 2. The van der Waals surface area contributed by atoms with Crippen molar-refractivity contribution in [2.24, 2.45) is 12.2 Å². The van der Waals surface area contributed by atoms with Crippen molar-refractivity contribution in [2.45, 2.75) is 0 Å². The quantitative estimate of drug-likeness (QED) is 0.462. The van der Waals surface area contributed by atoms with Gasteiger partial charge in [-0.3, -0.25) is 0 Å². The number of methoxy groups -OCH3 is 1. The maximum Gasteiger partial charge on any atom is 0.203 e. The molecular weight excluding hydrogens is 192 g/mol. The highest BCUT2D eigenvalue weighted by atomic mass is 16.5. The fourth-order valence-electron chi connectivity index (χ4n) is 1.83. The van der Waals surface area contributed by atoms with Crippen LogP contribution < -0.4 is 4.74 Å². The average Bonchev–Trinajstić information content (AvgIpc) is 2.54. The molecule has 0 fully saturated rings. The van der Waals surface area contributed by atoms with Gasteiger partial charge in [-0.1, -0.05) is 23.4 Å². The first-order chi connectivity index (χ1) is 7.29. The lowest BCUT2D eigenvalue weighted by Crippen LogP contribution is -1.95. The molecule has 2 aromatic rings. The summed E-state index contributed by atoms with van der Waals surface area (Å²) in [6.45, 7) is 0. The molecule has 0 atom stereocenters. The second-order valence-electron chi connectivity index (χ2n) is 3.24. The molecular formula is C11H12N2O2. The normalized spacial score (nSPS) is 11.3. The van der Waals surface area contributed by atoms with Crippen LogP contribution in [0.25, 0.3) is 10.9 Å². The van der Waals surface area contributed by atoms with Crippen LogP contribution in [0.5, 0.6) is 5.88 Å². The second kappa shape index (κ2) is 3.65. The van der Waals surface area contributed by atoms with Gasteiger partial charge >= 0.3 is 0 Å². The molecule has 1 heterocycles. The standard InChI is InChI=1S/C11H12N2O2/c1-13-10-6-4-3-5-8(10)9(7-12-14)11(13)15-2/h3-7,14H,1-2H3. The van der Waals surface area contributed by atoms with Crippen molar-refractivity contribution >= 4 is 17.1 Å². The molecule has 0 bridgehead atoms. The van der Waals surface area contributed by atoms with Gasteiger partial charge in [0.1, 0.15) is 0 Å². The zero-order chi connectivity index (χ0) is 10.8. The summed E-state index contributed by atoms with van der Waals surface area (Å²) in [5, 5.41) is 12.7. The summed E-state index contributed by atoms with van der Waals surface area (Å²) in [4.78, 5) is 0. The molecule has 0 radical (unpaired) electrons. The van der Waals surface area contributed by atoms with E-state index in [1.807, 2.05) is 35.9 Å². The molecule has 4 nitrogen and oxygen atoms in total. The Morgan fingerprint density at radius 1 is 1.40 bits per heavy atom. The van der Waals surface area contributed by atoms with Crippen LogP contribution in [0, 0.1) is 0 Å². The third-order valence-electron chi connectivity index (χ3n) is 2.47. The molecule has 0 aliphatic heterocycles. The molecule has 0 spiro atoms. The predicted octanol–water partition coefficient (Wildman–Crippen LogP) is 1.99. The molecule has 15 heavy (non-hydrogen) atoms. The van der Waals surface area contributed by atoms with Crippen LogP contribution in [-0.4, -0.2) is 23.1 Å². The van der Waals surface area contributed by atoms with Crippen LogP contribution in [0.3, 0.4) is 0 Å². The van der Waals surface area contributed by atoms with Crippen LogP contribution in [-0.2, 0) is 7.05 Å². The minimum absolute atomic E-state index is 0.689. The van der Waals surface area contributed by atoms with E-state index in [-0.39, 0.29) is 0 Å². The van der Waals surface area contributed by atoms with Crippen LogP contribution >= 0.6 is 0 Å². The number of ether oxygens (including phenoxy) is 1. The van der Waals surface area contributed by atoms with Crippen molar-refractivity contribution in [3.8, 4) is 5.88 Å². The van der Waals surface area contributed by atoms with Gasteiger partial charge in [0.25, 0.3) is 0 Å². The summed E-state index contributed by atoms with van der Waals surface area (Å²) in [6, 6.07) is 7.86. The van der Waals surface area contributed by atoms with E-state index in [1.54, 1.807) is 7.11 Å². The van der Waals surface area contributed by atoms with Crippen molar-refractivity contribution in [3.63, 3.8) is 0 Å². The zero-order valence-corrected chi connectivity index (χ0v) is 8.64. The third kappa shape index (κ3) is 1.34. The minimum atomic E-state index is 0.689. The Morgan fingerprint density at radius 2 is 2.13 bits per heavy atom. The highest BCUT2D eigenvalue weighted by Gasteiger charge is 2.13. The van der Waals surface area contributed by atoms with E-state index in [0.717, 1.165) is 16.5 Å². The molecule has 0 saturated carbocycles. The van der Waals surface area contributed by atoms with E-state index < -0.39 is 0 Å². The first-order valence-corrected chi connectivity index (χ1v) is 4.58. The van der Waals surface area contributed by atoms with Crippen LogP contribution in [0.1, 0.15) is 5.56 Å². The summed E-state index contributed by atoms with van der Waals surface area (Å²) in [5.74, 6) is 0.689. The van der Waals surface area contributed by atoms with Crippen molar-refractivity contribution in [2.75, 3.05) is 7.11 Å². The molecule has 1 N–H and O–H groups in total. The van der Waals surface area contributed by atoms with Gasteiger partial charge in [0, 0.05) is 12.4 Å². The minimum Gasteiger partial charge on any atom is -0.482 e. The number of aryl methyl sites for hydroxylation is 1. The lowest BCUT2D eigenvalue weighted by atomic mass is 10.2. The van der Waals surface area contributed by atoms with Gasteiger partial charge in [-0.2, -0.15) is 0 Å². The summed E-state index contributed by atoms with van der Waals surface area (Å²) in [5.41, 5.74) is 1.84. The van der Waals surface area contributed by atoms with Gasteiger partial charge < -0.3 is 14.5 Å². The van der Waals surface area contributed by atoms with Gasteiger partial charge in [0.05, 0.1) is 24.4 Å². The Labute approximate surface area is 87.4 Å². The molecule has 1 aromatic heterocycles. The summed E-state index contributed by atoms with van der Waals surface area (Å²) >= 11 is 0. The maximum absolute atomic E-state index is 8.61. The van der Waals surface area contributed by atoms with Crippen LogP contribution in [0.15, 0.2) is 29.4 Å². The first kappa shape index (κ1) is 9.58. The van der Waals surface area contributed by atoms with Gasteiger partial charge in [-0.15, -0.1) is 0 Å². The van der Waals surface area contributed by atoms with Gasteiger partial charge in [-0.05, 0) is 6.07 Å². The van der Waals surface area contributed by atoms with Crippen LogP contribution in [0.2, 0.25) is 0 Å².